The number of likely N-dealkylation sites (tertiary alicyclic amines) is 2. The standard InChI is InChI=1S/C17H27N5O/c23-16-17(5-2-7-22(16)11-15-3-1-4-15)6-8-20(12-17)9-10-21-13-18-19-14-21/h13-15H,1-12H2/t17-/m1/s1. The molecule has 23 heavy (non-hydrogen) atoms. The average molecular weight is 317 g/mol. The van der Waals surface area contributed by atoms with Gasteiger partial charge in [-0.25, -0.2) is 0 Å². The van der Waals surface area contributed by atoms with E-state index >= 15 is 0 Å². The van der Waals surface area contributed by atoms with Crippen LogP contribution in [0.15, 0.2) is 12.7 Å². The van der Waals surface area contributed by atoms with E-state index in [4.69, 9.17) is 0 Å². The summed E-state index contributed by atoms with van der Waals surface area (Å²) >= 11 is 0. The molecule has 0 aromatic carbocycles. The number of carbonyl (C=O) groups excluding carboxylic acids is 1. The van der Waals surface area contributed by atoms with Gasteiger partial charge in [-0.15, -0.1) is 10.2 Å². The third-order valence-electron chi connectivity index (χ3n) is 6.10. The first-order chi connectivity index (χ1) is 11.3. The fourth-order valence-corrected chi connectivity index (χ4v) is 4.44. The second kappa shape index (κ2) is 6.23. The number of carbonyl (C=O) groups is 1. The van der Waals surface area contributed by atoms with Crippen molar-refractivity contribution in [2.75, 3.05) is 32.7 Å². The van der Waals surface area contributed by atoms with E-state index in [9.17, 15) is 4.79 Å². The second-order valence-electron chi connectivity index (χ2n) is 7.66. The molecule has 0 bridgehead atoms. The van der Waals surface area contributed by atoms with Gasteiger partial charge < -0.3 is 14.4 Å². The van der Waals surface area contributed by atoms with E-state index in [-0.39, 0.29) is 5.41 Å². The summed E-state index contributed by atoms with van der Waals surface area (Å²) < 4.78 is 2.01. The number of piperidine rings is 1. The topological polar surface area (TPSA) is 54.3 Å². The van der Waals surface area contributed by atoms with Crippen LogP contribution in [-0.2, 0) is 11.3 Å². The maximum atomic E-state index is 13.1. The number of aromatic nitrogens is 3. The fraction of sp³-hybridized carbons (Fsp3) is 0.824. The summed E-state index contributed by atoms with van der Waals surface area (Å²) in [6.07, 6.45) is 10.8. The summed E-state index contributed by atoms with van der Waals surface area (Å²) in [5.41, 5.74) is -0.0881. The van der Waals surface area contributed by atoms with Crippen molar-refractivity contribution in [2.45, 2.75) is 45.1 Å². The molecule has 1 aliphatic carbocycles. The SMILES string of the molecule is O=C1N(CC2CCC2)CCC[C@]12CCN(CCn1cnnc1)C2. The molecular formula is C17H27N5O. The predicted octanol–water partition coefficient (Wildman–Crippen LogP) is 1.39. The maximum absolute atomic E-state index is 13.1. The molecule has 3 aliphatic rings. The fourth-order valence-electron chi connectivity index (χ4n) is 4.44. The number of hydrogen-bond acceptors (Lipinski definition) is 4. The van der Waals surface area contributed by atoms with Crippen molar-refractivity contribution in [2.24, 2.45) is 11.3 Å². The van der Waals surface area contributed by atoms with Gasteiger partial charge in [0.1, 0.15) is 12.7 Å². The molecule has 2 aliphatic heterocycles. The summed E-state index contributed by atoms with van der Waals surface area (Å²) in [6, 6.07) is 0. The number of amides is 1. The molecule has 1 spiro atoms. The summed E-state index contributed by atoms with van der Waals surface area (Å²) in [6.45, 7) is 5.87. The lowest BCUT2D eigenvalue weighted by molar-refractivity contribution is -0.146. The van der Waals surface area contributed by atoms with E-state index in [1.54, 1.807) is 12.7 Å². The lowest BCUT2D eigenvalue weighted by Gasteiger charge is -2.42. The number of hydrogen-bond donors (Lipinski definition) is 0. The van der Waals surface area contributed by atoms with Crippen LogP contribution in [0, 0.1) is 11.3 Å². The van der Waals surface area contributed by atoms with Crippen molar-refractivity contribution in [3.63, 3.8) is 0 Å². The van der Waals surface area contributed by atoms with E-state index in [0.717, 1.165) is 58.0 Å². The molecule has 0 unspecified atom stereocenters. The van der Waals surface area contributed by atoms with Gasteiger partial charge in [0.15, 0.2) is 0 Å². The molecule has 0 radical (unpaired) electrons. The molecule has 1 saturated carbocycles. The summed E-state index contributed by atoms with van der Waals surface area (Å²) in [7, 11) is 0. The van der Waals surface area contributed by atoms with Crippen LogP contribution in [0.2, 0.25) is 0 Å². The zero-order chi connectivity index (χ0) is 15.7. The lowest BCUT2D eigenvalue weighted by Crippen LogP contribution is -2.51. The van der Waals surface area contributed by atoms with Gasteiger partial charge in [-0.3, -0.25) is 4.79 Å². The van der Waals surface area contributed by atoms with Gasteiger partial charge in [0.2, 0.25) is 5.91 Å². The molecule has 1 aromatic rings. The van der Waals surface area contributed by atoms with Crippen molar-refractivity contribution in [1.82, 2.24) is 24.6 Å². The highest BCUT2D eigenvalue weighted by atomic mass is 16.2. The van der Waals surface area contributed by atoms with Crippen LogP contribution < -0.4 is 0 Å². The number of rotatable bonds is 5. The monoisotopic (exact) mass is 317 g/mol. The van der Waals surface area contributed by atoms with Crippen LogP contribution in [0.25, 0.3) is 0 Å². The molecule has 1 aromatic heterocycles. The second-order valence-corrected chi connectivity index (χ2v) is 7.66. The van der Waals surface area contributed by atoms with Gasteiger partial charge in [-0.2, -0.15) is 0 Å². The Morgan fingerprint density at radius 2 is 1.91 bits per heavy atom. The van der Waals surface area contributed by atoms with Crippen LogP contribution >= 0.6 is 0 Å². The lowest BCUT2D eigenvalue weighted by atomic mass is 9.77. The van der Waals surface area contributed by atoms with Crippen molar-refractivity contribution in [3.8, 4) is 0 Å². The summed E-state index contributed by atoms with van der Waals surface area (Å²) in [4.78, 5) is 17.7. The smallest absolute Gasteiger partial charge is 0.230 e. The van der Waals surface area contributed by atoms with Gasteiger partial charge in [0.05, 0.1) is 5.41 Å². The predicted molar refractivity (Wildman–Crippen MR) is 86.7 cm³/mol. The summed E-state index contributed by atoms with van der Waals surface area (Å²) in [5.74, 6) is 1.22. The Kier molecular flexibility index (Phi) is 4.09. The Bertz CT molecular complexity index is 541. The van der Waals surface area contributed by atoms with Crippen molar-refractivity contribution in [3.05, 3.63) is 12.7 Å². The highest BCUT2D eigenvalue weighted by molar-refractivity contribution is 5.84. The molecule has 3 fully saturated rings. The number of nitrogens with zero attached hydrogens (tertiary/aromatic N) is 5. The highest BCUT2D eigenvalue weighted by Crippen LogP contribution is 2.41. The Morgan fingerprint density at radius 1 is 1.09 bits per heavy atom. The third-order valence-corrected chi connectivity index (χ3v) is 6.10. The Hall–Kier alpha value is -1.43. The molecular weight excluding hydrogens is 290 g/mol. The molecule has 0 N–H and O–H groups in total. The van der Waals surface area contributed by atoms with E-state index in [2.05, 4.69) is 20.0 Å². The van der Waals surface area contributed by atoms with Gasteiger partial charge in [-0.05, 0) is 44.6 Å². The normalized spacial score (nSPS) is 29.4. The van der Waals surface area contributed by atoms with Crippen LogP contribution in [0.4, 0.5) is 0 Å². The molecule has 6 heteroatoms. The van der Waals surface area contributed by atoms with Crippen LogP contribution in [-0.4, -0.2) is 63.2 Å². The molecule has 2 saturated heterocycles. The van der Waals surface area contributed by atoms with E-state index in [1.807, 2.05) is 4.57 Å². The first-order valence-corrected chi connectivity index (χ1v) is 9.09. The minimum atomic E-state index is -0.0881. The Balaban J connectivity index is 1.34. The zero-order valence-corrected chi connectivity index (χ0v) is 13.9. The minimum Gasteiger partial charge on any atom is -0.342 e. The molecule has 3 heterocycles. The summed E-state index contributed by atoms with van der Waals surface area (Å²) in [5, 5.41) is 7.70. The van der Waals surface area contributed by atoms with Crippen LogP contribution in [0.1, 0.15) is 38.5 Å². The molecule has 6 nitrogen and oxygen atoms in total. The molecule has 1 amide bonds. The average Bonchev–Trinajstić information content (AvgIpc) is 3.15. The van der Waals surface area contributed by atoms with Gasteiger partial charge >= 0.3 is 0 Å². The molecule has 126 valence electrons. The van der Waals surface area contributed by atoms with Gasteiger partial charge in [0.25, 0.3) is 0 Å². The largest absolute Gasteiger partial charge is 0.342 e. The molecule has 1 atom stereocenters. The van der Waals surface area contributed by atoms with Crippen molar-refractivity contribution in [1.29, 1.82) is 0 Å². The van der Waals surface area contributed by atoms with E-state index in [0.29, 0.717) is 5.91 Å². The van der Waals surface area contributed by atoms with Crippen molar-refractivity contribution >= 4 is 5.91 Å². The minimum absolute atomic E-state index is 0.0881. The molecule has 4 rings (SSSR count). The first-order valence-electron chi connectivity index (χ1n) is 9.09. The van der Waals surface area contributed by atoms with Crippen LogP contribution in [0.5, 0.6) is 0 Å². The Labute approximate surface area is 137 Å². The van der Waals surface area contributed by atoms with Gasteiger partial charge in [-0.1, -0.05) is 6.42 Å². The zero-order valence-electron chi connectivity index (χ0n) is 13.9. The van der Waals surface area contributed by atoms with Gasteiger partial charge in [0, 0.05) is 32.7 Å². The highest BCUT2D eigenvalue weighted by Gasteiger charge is 2.48. The third kappa shape index (κ3) is 3.01. The maximum Gasteiger partial charge on any atom is 0.230 e. The first kappa shape index (κ1) is 15.1. The van der Waals surface area contributed by atoms with Crippen molar-refractivity contribution < 1.29 is 4.79 Å². The quantitative estimate of drug-likeness (QED) is 0.823. The van der Waals surface area contributed by atoms with E-state index in [1.165, 1.54) is 25.7 Å². The van der Waals surface area contributed by atoms with E-state index < -0.39 is 0 Å². The Morgan fingerprint density at radius 3 is 2.65 bits per heavy atom. The van der Waals surface area contributed by atoms with Crippen LogP contribution in [0.3, 0.4) is 0 Å².